The van der Waals surface area contributed by atoms with Gasteiger partial charge in [0.1, 0.15) is 0 Å². The van der Waals surface area contributed by atoms with Crippen LogP contribution in [0, 0.1) is 0 Å². The lowest BCUT2D eigenvalue weighted by atomic mass is 9.97. The number of oxime groups is 1. The normalized spacial score (nSPS) is 12.3. The minimum absolute atomic E-state index is 0.0417. The third-order valence-electron chi connectivity index (χ3n) is 2.44. The minimum atomic E-state index is -0.0417. The van der Waals surface area contributed by atoms with E-state index in [0.29, 0.717) is 5.71 Å². The monoisotopic (exact) mass is 203 g/mol. The number of rotatable bonds is 3. The van der Waals surface area contributed by atoms with Crippen LogP contribution in [0.4, 0.5) is 0 Å². The van der Waals surface area contributed by atoms with Gasteiger partial charge in [-0.3, -0.25) is 0 Å². The van der Waals surface area contributed by atoms with Crippen molar-refractivity contribution in [1.29, 1.82) is 0 Å². The number of hydrogen-bond acceptors (Lipinski definition) is 2. The third kappa shape index (κ3) is 1.79. The Kier molecular flexibility index (Phi) is 2.58. The topological polar surface area (TPSA) is 64.2 Å². The molecular formula is C11H13N3O. The van der Waals surface area contributed by atoms with Crippen molar-refractivity contribution in [3.05, 3.63) is 48.0 Å². The van der Waals surface area contributed by atoms with Gasteiger partial charge in [0.2, 0.25) is 0 Å². The molecule has 0 atom stereocenters. The fourth-order valence-electron chi connectivity index (χ4n) is 1.72. The van der Waals surface area contributed by atoms with Crippen LogP contribution in [-0.2, 0) is 0 Å². The molecule has 4 heteroatoms. The SMILES string of the molecule is C/C(=N\O)C(c1ccc[nH]1)c1ccc[nH]1. The van der Waals surface area contributed by atoms with Gasteiger partial charge >= 0.3 is 0 Å². The predicted molar refractivity (Wildman–Crippen MR) is 58.3 cm³/mol. The maximum Gasteiger partial charge on any atom is 0.0804 e. The summed E-state index contributed by atoms with van der Waals surface area (Å²) in [5.74, 6) is -0.0417. The lowest BCUT2D eigenvalue weighted by Gasteiger charge is -2.12. The van der Waals surface area contributed by atoms with E-state index in [4.69, 9.17) is 5.21 Å². The Labute approximate surface area is 87.6 Å². The van der Waals surface area contributed by atoms with E-state index >= 15 is 0 Å². The van der Waals surface area contributed by atoms with E-state index in [1.807, 2.05) is 36.7 Å². The van der Waals surface area contributed by atoms with Crippen LogP contribution in [-0.4, -0.2) is 20.9 Å². The summed E-state index contributed by atoms with van der Waals surface area (Å²) in [5.41, 5.74) is 2.67. The first kappa shape index (κ1) is 9.58. The molecule has 2 rings (SSSR count). The van der Waals surface area contributed by atoms with Gasteiger partial charge in [0, 0.05) is 23.8 Å². The van der Waals surface area contributed by atoms with Crippen LogP contribution < -0.4 is 0 Å². The average Bonchev–Trinajstić information content (AvgIpc) is 2.90. The van der Waals surface area contributed by atoms with Crippen molar-refractivity contribution in [2.45, 2.75) is 12.8 Å². The van der Waals surface area contributed by atoms with Gasteiger partial charge in [0.25, 0.3) is 0 Å². The van der Waals surface area contributed by atoms with E-state index in [1.165, 1.54) is 0 Å². The molecular weight excluding hydrogens is 190 g/mol. The fourth-order valence-corrected chi connectivity index (χ4v) is 1.72. The lowest BCUT2D eigenvalue weighted by molar-refractivity contribution is 0.317. The second-order valence-corrected chi connectivity index (χ2v) is 3.43. The Morgan fingerprint density at radius 1 is 1.20 bits per heavy atom. The zero-order chi connectivity index (χ0) is 10.7. The summed E-state index contributed by atoms with van der Waals surface area (Å²) in [4.78, 5) is 6.26. The average molecular weight is 203 g/mol. The molecule has 0 saturated heterocycles. The molecule has 3 N–H and O–H groups in total. The lowest BCUT2D eigenvalue weighted by Crippen LogP contribution is -2.11. The van der Waals surface area contributed by atoms with Gasteiger partial charge in [-0.05, 0) is 31.2 Å². The highest BCUT2D eigenvalue weighted by Crippen LogP contribution is 2.23. The molecule has 2 aromatic rings. The first-order chi connectivity index (χ1) is 7.33. The molecule has 0 bridgehead atoms. The second-order valence-electron chi connectivity index (χ2n) is 3.43. The van der Waals surface area contributed by atoms with Gasteiger partial charge in [-0.2, -0.15) is 0 Å². The van der Waals surface area contributed by atoms with Crippen molar-refractivity contribution in [2.24, 2.45) is 5.16 Å². The highest BCUT2D eigenvalue weighted by Gasteiger charge is 2.19. The van der Waals surface area contributed by atoms with E-state index in [-0.39, 0.29) is 5.92 Å². The Balaban J connectivity index is 2.42. The molecule has 0 spiro atoms. The summed E-state index contributed by atoms with van der Waals surface area (Å²) in [7, 11) is 0. The molecule has 4 nitrogen and oxygen atoms in total. The van der Waals surface area contributed by atoms with Crippen LogP contribution >= 0.6 is 0 Å². The van der Waals surface area contributed by atoms with Crippen molar-refractivity contribution >= 4 is 5.71 Å². The first-order valence-electron chi connectivity index (χ1n) is 4.78. The minimum Gasteiger partial charge on any atom is -0.411 e. The van der Waals surface area contributed by atoms with E-state index in [9.17, 15) is 0 Å². The maximum atomic E-state index is 8.86. The van der Waals surface area contributed by atoms with Crippen molar-refractivity contribution < 1.29 is 5.21 Å². The summed E-state index contributed by atoms with van der Waals surface area (Å²) < 4.78 is 0. The van der Waals surface area contributed by atoms with Crippen LogP contribution in [0.2, 0.25) is 0 Å². The molecule has 78 valence electrons. The standard InChI is InChI=1S/C11H13N3O/c1-8(14-15)11(9-4-2-6-12-9)10-5-3-7-13-10/h2-7,11-13,15H,1H3/b14-8+. The van der Waals surface area contributed by atoms with Crippen LogP contribution in [0.3, 0.4) is 0 Å². The van der Waals surface area contributed by atoms with Gasteiger partial charge in [-0.25, -0.2) is 0 Å². The molecule has 0 aromatic carbocycles. The molecule has 0 aliphatic rings. The van der Waals surface area contributed by atoms with E-state index in [2.05, 4.69) is 15.1 Å². The zero-order valence-electron chi connectivity index (χ0n) is 8.44. The molecule has 0 saturated carbocycles. The third-order valence-corrected chi connectivity index (χ3v) is 2.44. The predicted octanol–water partition coefficient (Wildman–Crippen LogP) is 2.32. The molecule has 0 aliphatic carbocycles. The summed E-state index contributed by atoms with van der Waals surface area (Å²) in [6, 6.07) is 7.80. The number of nitrogens with one attached hydrogen (secondary N) is 2. The first-order valence-corrected chi connectivity index (χ1v) is 4.78. The Hall–Kier alpha value is -1.97. The molecule has 0 aliphatic heterocycles. The van der Waals surface area contributed by atoms with Crippen LogP contribution in [0.1, 0.15) is 24.2 Å². The Morgan fingerprint density at radius 3 is 2.07 bits per heavy atom. The summed E-state index contributed by atoms with van der Waals surface area (Å²) in [6.07, 6.45) is 3.71. The van der Waals surface area contributed by atoms with Crippen LogP contribution in [0.15, 0.2) is 41.8 Å². The van der Waals surface area contributed by atoms with Gasteiger partial charge in [0.15, 0.2) is 0 Å². The molecule has 2 aromatic heterocycles. The van der Waals surface area contributed by atoms with Crippen molar-refractivity contribution in [2.75, 3.05) is 0 Å². The molecule has 0 fully saturated rings. The smallest absolute Gasteiger partial charge is 0.0804 e. The van der Waals surface area contributed by atoms with E-state index in [0.717, 1.165) is 11.4 Å². The second kappa shape index (κ2) is 4.04. The maximum absolute atomic E-state index is 8.86. The van der Waals surface area contributed by atoms with Crippen molar-refractivity contribution in [1.82, 2.24) is 9.97 Å². The zero-order valence-corrected chi connectivity index (χ0v) is 8.44. The molecule has 2 heterocycles. The Bertz CT molecular complexity index is 394. The van der Waals surface area contributed by atoms with Crippen LogP contribution in [0.25, 0.3) is 0 Å². The number of nitrogens with zero attached hydrogens (tertiary/aromatic N) is 1. The number of H-pyrrole nitrogens is 2. The van der Waals surface area contributed by atoms with Gasteiger partial charge in [0.05, 0.1) is 11.6 Å². The van der Waals surface area contributed by atoms with E-state index < -0.39 is 0 Å². The van der Waals surface area contributed by atoms with Crippen molar-refractivity contribution in [3.63, 3.8) is 0 Å². The fraction of sp³-hybridized carbons (Fsp3) is 0.182. The summed E-state index contributed by atoms with van der Waals surface area (Å²) in [5, 5.41) is 12.1. The summed E-state index contributed by atoms with van der Waals surface area (Å²) >= 11 is 0. The largest absolute Gasteiger partial charge is 0.411 e. The van der Waals surface area contributed by atoms with Gasteiger partial charge < -0.3 is 15.2 Å². The molecule has 15 heavy (non-hydrogen) atoms. The molecule has 0 amide bonds. The van der Waals surface area contributed by atoms with Gasteiger partial charge in [-0.15, -0.1) is 0 Å². The van der Waals surface area contributed by atoms with Crippen molar-refractivity contribution in [3.8, 4) is 0 Å². The molecule has 0 unspecified atom stereocenters. The van der Waals surface area contributed by atoms with Crippen LogP contribution in [0.5, 0.6) is 0 Å². The number of aromatic amines is 2. The quantitative estimate of drug-likeness (QED) is 0.400. The van der Waals surface area contributed by atoms with Gasteiger partial charge in [-0.1, -0.05) is 5.16 Å². The summed E-state index contributed by atoms with van der Waals surface area (Å²) in [6.45, 7) is 1.80. The number of hydrogen-bond donors (Lipinski definition) is 3. The molecule has 0 radical (unpaired) electrons. The highest BCUT2D eigenvalue weighted by molar-refractivity contribution is 5.90. The van der Waals surface area contributed by atoms with E-state index in [1.54, 1.807) is 6.92 Å². The number of aromatic nitrogens is 2. The highest BCUT2D eigenvalue weighted by atomic mass is 16.4. The Morgan fingerprint density at radius 2 is 1.73 bits per heavy atom.